The van der Waals surface area contributed by atoms with Gasteiger partial charge in [-0.1, -0.05) is 6.07 Å². The third-order valence-electron chi connectivity index (χ3n) is 3.14. The minimum Gasteiger partial charge on any atom is -0.493 e. The molecule has 0 bridgehead atoms. The van der Waals surface area contributed by atoms with Gasteiger partial charge in [0, 0.05) is 18.5 Å². The number of amides is 1. The van der Waals surface area contributed by atoms with E-state index in [2.05, 4.69) is 5.32 Å². The van der Waals surface area contributed by atoms with Crippen molar-refractivity contribution in [2.45, 2.75) is 32.7 Å². The summed E-state index contributed by atoms with van der Waals surface area (Å²) < 4.78 is 18.2. The molecular formula is C15H20FNO4. The van der Waals surface area contributed by atoms with E-state index >= 15 is 0 Å². The maximum absolute atomic E-state index is 12.9. The summed E-state index contributed by atoms with van der Waals surface area (Å²) in [5.74, 6) is -1.77. The predicted octanol–water partition coefficient (Wildman–Crippen LogP) is 2.21. The van der Waals surface area contributed by atoms with Crippen LogP contribution in [0.2, 0.25) is 0 Å². The zero-order valence-corrected chi connectivity index (χ0v) is 12.1. The summed E-state index contributed by atoms with van der Waals surface area (Å²) in [5.41, 5.74) is 0. The number of carbonyl (C=O) groups is 2. The van der Waals surface area contributed by atoms with E-state index in [0.717, 1.165) is 0 Å². The van der Waals surface area contributed by atoms with Crippen molar-refractivity contribution >= 4 is 11.9 Å². The van der Waals surface area contributed by atoms with Gasteiger partial charge in [0.05, 0.1) is 12.5 Å². The summed E-state index contributed by atoms with van der Waals surface area (Å²) in [6.07, 6.45) is 0.697. The van der Waals surface area contributed by atoms with E-state index in [4.69, 9.17) is 9.84 Å². The van der Waals surface area contributed by atoms with Crippen molar-refractivity contribution in [3.05, 3.63) is 30.1 Å². The number of halogens is 1. The second-order valence-corrected chi connectivity index (χ2v) is 4.89. The zero-order chi connectivity index (χ0) is 15.8. The van der Waals surface area contributed by atoms with Crippen molar-refractivity contribution in [1.82, 2.24) is 5.32 Å². The lowest BCUT2D eigenvalue weighted by Crippen LogP contribution is -2.40. The van der Waals surface area contributed by atoms with Crippen LogP contribution in [0.3, 0.4) is 0 Å². The second-order valence-electron chi connectivity index (χ2n) is 4.89. The summed E-state index contributed by atoms with van der Waals surface area (Å²) >= 11 is 0. The van der Waals surface area contributed by atoms with Gasteiger partial charge in [0.25, 0.3) is 0 Å². The number of rotatable bonds is 8. The zero-order valence-electron chi connectivity index (χ0n) is 12.1. The highest BCUT2D eigenvalue weighted by Crippen LogP contribution is 2.12. The molecule has 5 nitrogen and oxygen atoms in total. The van der Waals surface area contributed by atoms with Gasteiger partial charge in [0.2, 0.25) is 5.91 Å². The molecule has 116 valence electrons. The van der Waals surface area contributed by atoms with Gasteiger partial charge in [0.15, 0.2) is 0 Å². The summed E-state index contributed by atoms with van der Waals surface area (Å²) in [6.45, 7) is 3.49. The summed E-state index contributed by atoms with van der Waals surface area (Å²) in [4.78, 5) is 22.4. The van der Waals surface area contributed by atoms with Crippen LogP contribution in [0, 0.1) is 11.7 Å². The SMILES string of the molecule is CC(NC(=O)CCCOc1cccc(F)c1)C(C)C(=O)O. The molecule has 0 saturated carbocycles. The summed E-state index contributed by atoms with van der Waals surface area (Å²) in [5, 5.41) is 11.5. The molecule has 21 heavy (non-hydrogen) atoms. The van der Waals surface area contributed by atoms with Crippen LogP contribution in [0.5, 0.6) is 5.75 Å². The molecular weight excluding hydrogens is 277 g/mol. The second kappa shape index (κ2) is 8.24. The number of carboxylic acids is 1. The lowest BCUT2D eigenvalue weighted by molar-refractivity contribution is -0.142. The van der Waals surface area contributed by atoms with E-state index in [1.165, 1.54) is 12.1 Å². The molecule has 0 aliphatic carbocycles. The molecule has 0 radical (unpaired) electrons. The maximum atomic E-state index is 12.9. The first-order valence-electron chi connectivity index (χ1n) is 6.80. The lowest BCUT2D eigenvalue weighted by atomic mass is 10.0. The first-order chi connectivity index (χ1) is 9.90. The molecule has 0 aliphatic heterocycles. The Balaban J connectivity index is 2.23. The number of benzene rings is 1. The molecule has 0 aromatic heterocycles. The molecule has 2 atom stereocenters. The number of carboxylic acid groups (broad SMARTS) is 1. The van der Waals surface area contributed by atoms with Gasteiger partial charge < -0.3 is 15.2 Å². The van der Waals surface area contributed by atoms with E-state index in [9.17, 15) is 14.0 Å². The fourth-order valence-corrected chi connectivity index (χ4v) is 1.64. The fraction of sp³-hybridized carbons (Fsp3) is 0.467. The highest BCUT2D eigenvalue weighted by molar-refractivity contribution is 5.77. The van der Waals surface area contributed by atoms with Gasteiger partial charge in [-0.25, -0.2) is 4.39 Å². The van der Waals surface area contributed by atoms with Crippen LogP contribution >= 0.6 is 0 Å². The van der Waals surface area contributed by atoms with Gasteiger partial charge in [0.1, 0.15) is 11.6 Å². The molecule has 0 heterocycles. The molecule has 6 heteroatoms. The summed E-state index contributed by atoms with van der Waals surface area (Å²) in [6, 6.07) is 5.35. The normalized spacial score (nSPS) is 13.3. The number of hydrogen-bond acceptors (Lipinski definition) is 3. The van der Waals surface area contributed by atoms with E-state index in [1.54, 1.807) is 26.0 Å². The molecule has 1 rings (SSSR count). The van der Waals surface area contributed by atoms with Crippen LogP contribution in [0.25, 0.3) is 0 Å². The Morgan fingerprint density at radius 1 is 1.38 bits per heavy atom. The van der Waals surface area contributed by atoms with E-state index in [1.807, 2.05) is 0 Å². The molecule has 0 saturated heterocycles. The van der Waals surface area contributed by atoms with Crippen molar-refractivity contribution < 1.29 is 23.8 Å². The highest BCUT2D eigenvalue weighted by atomic mass is 19.1. The van der Waals surface area contributed by atoms with Crippen LogP contribution < -0.4 is 10.1 Å². The minimum atomic E-state index is -0.947. The molecule has 1 aromatic carbocycles. The Labute approximate surface area is 123 Å². The molecule has 2 N–H and O–H groups in total. The van der Waals surface area contributed by atoms with Crippen LogP contribution in [0.15, 0.2) is 24.3 Å². The molecule has 0 fully saturated rings. The van der Waals surface area contributed by atoms with Gasteiger partial charge in [-0.2, -0.15) is 0 Å². The Morgan fingerprint density at radius 3 is 2.71 bits per heavy atom. The van der Waals surface area contributed by atoms with Crippen LogP contribution in [-0.2, 0) is 9.59 Å². The first kappa shape index (κ1) is 16.9. The monoisotopic (exact) mass is 297 g/mol. The van der Waals surface area contributed by atoms with Gasteiger partial charge in [-0.05, 0) is 32.4 Å². The molecule has 0 aliphatic rings. The third kappa shape index (κ3) is 6.25. The van der Waals surface area contributed by atoms with Crippen molar-refractivity contribution in [2.75, 3.05) is 6.61 Å². The predicted molar refractivity (Wildman–Crippen MR) is 75.5 cm³/mol. The summed E-state index contributed by atoms with van der Waals surface area (Å²) in [7, 11) is 0. The smallest absolute Gasteiger partial charge is 0.308 e. The van der Waals surface area contributed by atoms with Gasteiger partial charge >= 0.3 is 5.97 Å². The van der Waals surface area contributed by atoms with E-state index < -0.39 is 17.9 Å². The number of ether oxygens (including phenoxy) is 1. The van der Waals surface area contributed by atoms with Crippen molar-refractivity contribution in [1.29, 1.82) is 0 Å². The molecule has 0 spiro atoms. The Morgan fingerprint density at radius 2 is 2.10 bits per heavy atom. The van der Waals surface area contributed by atoms with Gasteiger partial charge in [-0.15, -0.1) is 0 Å². The number of hydrogen-bond donors (Lipinski definition) is 2. The molecule has 1 amide bonds. The Bertz CT molecular complexity index is 492. The Kier molecular flexibility index (Phi) is 6.65. The van der Waals surface area contributed by atoms with Crippen LogP contribution in [0.1, 0.15) is 26.7 Å². The standard InChI is InChI=1S/C15H20FNO4/c1-10(15(19)20)11(2)17-14(18)7-4-8-21-13-6-3-5-12(16)9-13/h3,5-6,9-11H,4,7-8H2,1-2H3,(H,17,18)(H,19,20). The quantitative estimate of drug-likeness (QED) is 0.721. The molecule has 2 unspecified atom stereocenters. The fourth-order valence-electron chi connectivity index (χ4n) is 1.64. The van der Waals surface area contributed by atoms with Crippen molar-refractivity contribution in [3.63, 3.8) is 0 Å². The van der Waals surface area contributed by atoms with Crippen LogP contribution in [0.4, 0.5) is 4.39 Å². The average Bonchev–Trinajstić information content (AvgIpc) is 2.42. The van der Waals surface area contributed by atoms with Crippen molar-refractivity contribution in [3.8, 4) is 5.75 Å². The van der Waals surface area contributed by atoms with Crippen molar-refractivity contribution in [2.24, 2.45) is 5.92 Å². The molecule has 1 aromatic rings. The minimum absolute atomic E-state index is 0.224. The van der Waals surface area contributed by atoms with Gasteiger partial charge in [-0.3, -0.25) is 9.59 Å². The number of carbonyl (C=O) groups excluding carboxylic acids is 1. The topological polar surface area (TPSA) is 75.6 Å². The third-order valence-corrected chi connectivity index (χ3v) is 3.14. The maximum Gasteiger partial charge on any atom is 0.308 e. The first-order valence-corrected chi connectivity index (χ1v) is 6.80. The largest absolute Gasteiger partial charge is 0.493 e. The van der Waals surface area contributed by atoms with E-state index in [0.29, 0.717) is 18.8 Å². The lowest BCUT2D eigenvalue weighted by Gasteiger charge is -2.17. The Hall–Kier alpha value is -2.11. The highest BCUT2D eigenvalue weighted by Gasteiger charge is 2.20. The number of nitrogens with one attached hydrogen (secondary N) is 1. The van der Waals surface area contributed by atoms with E-state index in [-0.39, 0.29) is 18.1 Å². The number of aliphatic carboxylic acids is 1. The van der Waals surface area contributed by atoms with Crippen LogP contribution in [-0.4, -0.2) is 29.6 Å². The average molecular weight is 297 g/mol.